The van der Waals surface area contributed by atoms with Gasteiger partial charge < -0.3 is 19.7 Å². The van der Waals surface area contributed by atoms with Gasteiger partial charge in [-0.2, -0.15) is 0 Å². The number of carboxylic acid groups (broad SMARTS) is 1. The third-order valence-electron chi connectivity index (χ3n) is 6.30. The predicted molar refractivity (Wildman–Crippen MR) is 121 cm³/mol. The first kappa shape index (κ1) is 21.0. The number of aromatic carboxylic acids is 1. The van der Waals surface area contributed by atoms with Crippen LogP contribution in [0.3, 0.4) is 0 Å². The van der Waals surface area contributed by atoms with Gasteiger partial charge in [-0.1, -0.05) is 25.3 Å². The van der Waals surface area contributed by atoms with Crippen LogP contribution in [0.1, 0.15) is 53.9 Å². The number of benzene rings is 2. The first-order chi connectivity index (χ1) is 14.9. The maximum atomic E-state index is 12.7. The van der Waals surface area contributed by atoms with E-state index < -0.39 is 5.97 Å². The third kappa shape index (κ3) is 4.02. The second-order valence-corrected chi connectivity index (χ2v) is 8.56. The molecule has 1 saturated carbocycles. The van der Waals surface area contributed by atoms with Gasteiger partial charge in [-0.25, -0.2) is 4.79 Å². The minimum atomic E-state index is -0.987. The maximum absolute atomic E-state index is 12.7. The van der Waals surface area contributed by atoms with Crippen LogP contribution in [0.2, 0.25) is 0 Å². The summed E-state index contributed by atoms with van der Waals surface area (Å²) < 4.78 is 1.96. The van der Waals surface area contributed by atoms with E-state index in [-0.39, 0.29) is 23.8 Å². The highest BCUT2D eigenvalue weighted by atomic mass is 16.4. The standard InChI is InChI=1S/C25H28N2O4/c1-26(2)22(29)15-27-21-14-18(25(30)31)10-13-20(21)23(16-6-4-3-5-7-16)24(27)17-8-11-19(28)12-9-17/h8-14,16,28H,3-7,15H2,1-2H3,(H,30,31). The molecule has 0 spiro atoms. The van der Waals surface area contributed by atoms with Crippen molar-refractivity contribution in [2.75, 3.05) is 14.1 Å². The zero-order valence-corrected chi connectivity index (χ0v) is 18.0. The van der Waals surface area contributed by atoms with Crippen molar-refractivity contribution in [1.82, 2.24) is 9.47 Å². The molecule has 2 aromatic carbocycles. The maximum Gasteiger partial charge on any atom is 0.335 e. The Bertz CT molecular complexity index is 1120. The number of carbonyl (C=O) groups excluding carboxylic acids is 1. The number of amides is 1. The van der Waals surface area contributed by atoms with Crippen LogP contribution in [0.5, 0.6) is 5.75 Å². The number of phenols is 1. The number of rotatable bonds is 5. The van der Waals surface area contributed by atoms with E-state index in [4.69, 9.17) is 0 Å². The first-order valence-corrected chi connectivity index (χ1v) is 10.8. The number of likely N-dealkylation sites (N-methyl/N-ethyl adjacent to an activating group) is 1. The van der Waals surface area contributed by atoms with Gasteiger partial charge in [0, 0.05) is 19.5 Å². The first-order valence-electron chi connectivity index (χ1n) is 10.8. The zero-order valence-electron chi connectivity index (χ0n) is 18.0. The molecule has 4 rings (SSSR count). The third-order valence-corrected chi connectivity index (χ3v) is 6.30. The molecule has 1 amide bonds. The molecule has 6 heteroatoms. The van der Waals surface area contributed by atoms with Crippen LogP contribution in [-0.4, -0.2) is 45.7 Å². The number of fused-ring (bicyclic) bond motifs is 1. The molecule has 0 atom stereocenters. The number of hydrogen-bond donors (Lipinski definition) is 2. The van der Waals surface area contributed by atoms with E-state index in [2.05, 4.69) is 0 Å². The quantitative estimate of drug-likeness (QED) is 0.618. The summed E-state index contributed by atoms with van der Waals surface area (Å²) in [7, 11) is 3.44. The van der Waals surface area contributed by atoms with Crippen LogP contribution in [0.4, 0.5) is 0 Å². The monoisotopic (exact) mass is 420 g/mol. The molecule has 1 aliphatic rings. The largest absolute Gasteiger partial charge is 0.508 e. The highest BCUT2D eigenvalue weighted by Gasteiger charge is 2.28. The molecule has 0 radical (unpaired) electrons. The molecule has 1 fully saturated rings. The van der Waals surface area contributed by atoms with Crippen LogP contribution < -0.4 is 0 Å². The number of hydrogen-bond acceptors (Lipinski definition) is 3. The average molecular weight is 421 g/mol. The van der Waals surface area contributed by atoms with Gasteiger partial charge >= 0.3 is 5.97 Å². The smallest absolute Gasteiger partial charge is 0.335 e. The summed E-state index contributed by atoms with van der Waals surface area (Å²) in [6.45, 7) is 0.121. The summed E-state index contributed by atoms with van der Waals surface area (Å²) in [4.78, 5) is 26.0. The Morgan fingerprint density at radius 2 is 1.71 bits per heavy atom. The number of phenolic OH excluding ortho intramolecular Hbond substituents is 1. The Balaban J connectivity index is 2.03. The zero-order chi connectivity index (χ0) is 22.1. The molecule has 1 heterocycles. The summed E-state index contributed by atoms with van der Waals surface area (Å²) in [5.41, 5.74) is 4.01. The summed E-state index contributed by atoms with van der Waals surface area (Å²) in [6.07, 6.45) is 5.71. The topological polar surface area (TPSA) is 82.8 Å². The fourth-order valence-electron chi connectivity index (χ4n) is 4.69. The summed E-state index contributed by atoms with van der Waals surface area (Å²) in [5, 5.41) is 20.4. The van der Waals surface area contributed by atoms with E-state index in [0.717, 1.165) is 47.8 Å². The van der Waals surface area contributed by atoms with Crippen molar-refractivity contribution < 1.29 is 19.8 Å². The minimum absolute atomic E-state index is 0.0622. The molecular weight excluding hydrogens is 392 g/mol. The van der Waals surface area contributed by atoms with Crippen molar-refractivity contribution in [2.45, 2.75) is 44.6 Å². The van der Waals surface area contributed by atoms with Crippen molar-refractivity contribution in [2.24, 2.45) is 0 Å². The Labute approximate surface area is 181 Å². The van der Waals surface area contributed by atoms with Crippen LogP contribution in [0, 0.1) is 0 Å². The number of carbonyl (C=O) groups is 2. The lowest BCUT2D eigenvalue weighted by Gasteiger charge is -2.24. The highest BCUT2D eigenvalue weighted by Crippen LogP contribution is 2.44. The number of aromatic hydroxyl groups is 1. The number of aromatic nitrogens is 1. The van der Waals surface area contributed by atoms with Crippen LogP contribution >= 0.6 is 0 Å². The number of carboxylic acids is 1. The molecule has 3 aromatic rings. The lowest BCUT2D eigenvalue weighted by molar-refractivity contribution is -0.129. The van der Waals surface area contributed by atoms with Gasteiger partial charge in [-0.15, -0.1) is 0 Å². The lowest BCUT2D eigenvalue weighted by atomic mass is 9.82. The molecule has 0 aliphatic heterocycles. The van der Waals surface area contributed by atoms with E-state index in [9.17, 15) is 19.8 Å². The normalized spacial score (nSPS) is 14.6. The van der Waals surface area contributed by atoms with E-state index >= 15 is 0 Å². The Kier molecular flexibility index (Phi) is 5.72. The molecule has 31 heavy (non-hydrogen) atoms. The van der Waals surface area contributed by atoms with Crippen LogP contribution in [0.25, 0.3) is 22.2 Å². The van der Waals surface area contributed by atoms with Gasteiger partial charge in [0.05, 0.1) is 16.8 Å². The second-order valence-electron chi connectivity index (χ2n) is 8.56. The van der Waals surface area contributed by atoms with E-state index in [1.54, 1.807) is 43.3 Å². The second kappa shape index (κ2) is 8.46. The Morgan fingerprint density at radius 1 is 1.03 bits per heavy atom. The van der Waals surface area contributed by atoms with Crippen molar-refractivity contribution in [3.8, 4) is 17.0 Å². The number of nitrogens with zero attached hydrogens (tertiary/aromatic N) is 2. The highest BCUT2D eigenvalue weighted by molar-refractivity contribution is 5.99. The molecule has 0 saturated heterocycles. The van der Waals surface area contributed by atoms with Gasteiger partial charge in [0.25, 0.3) is 0 Å². The fraction of sp³-hybridized carbons (Fsp3) is 0.360. The fourth-order valence-corrected chi connectivity index (χ4v) is 4.69. The van der Waals surface area contributed by atoms with Crippen molar-refractivity contribution in [3.63, 3.8) is 0 Å². The Hall–Kier alpha value is -3.28. The molecule has 6 nitrogen and oxygen atoms in total. The van der Waals surface area contributed by atoms with E-state index in [0.29, 0.717) is 5.92 Å². The molecule has 0 bridgehead atoms. The summed E-state index contributed by atoms with van der Waals surface area (Å²) >= 11 is 0. The van der Waals surface area contributed by atoms with Gasteiger partial charge in [0.15, 0.2) is 0 Å². The molecular formula is C25H28N2O4. The van der Waals surface area contributed by atoms with Gasteiger partial charge in [0.2, 0.25) is 5.91 Å². The predicted octanol–water partition coefficient (Wildman–Crippen LogP) is 4.85. The lowest BCUT2D eigenvalue weighted by Crippen LogP contribution is -2.26. The van der Waals surface area contributed by atoms with Crippen molar-refractivity contribution in [3.05, 3.63) is 53.6 Å². The van der Waals surface area contributed by atoms with Crippen molar-refractivity contribution >= 4 is 22.8 Å². The van der Waals surface area contributed by atoms with E-state index in [1.807, 2.05) is 22.8 Å². The summed E-state index contributed by atoms with van der Waals surface area (Å²) in [5.74, 6) is -0.513. The Morgan fingerprint density at radius 3 is 2.32 bits per heavy atom. The van der Waals surface area contributed by atoms with Crippen molar-refractivity contribution in [1.29, 1.82) is 0 Å². The van der Waals surface area contributed by atoms with E-state index in [1.165, 1.54) is 12.0 Å². The molecule has 1 aromatic heterocycles. The van der Waals surface area contributed by atoms with Crippen LogP contribution in [0.15, 0.2) is 42.5 Å². The van der Waals surface area contributed by atoms with Crippen LogP contribution in [-0.2, 0) is 11.3 Å². The molecule has 2 N–H and O–H groups in total. The minimum Gasteiger partial charge on any atom is -0.508 e. The summed E-state index contributed by atoms with van der Waals surface area (Å²) in [6, 6.07) is 12.3. The SMILES string of the molecule is CN(C)C(=O)Cn1c(-c2ccc(O)cc2)c(C2CCCCC2)c2ccc(C(=O)O)cc21. The van der Waals surface area contributed by atoms with Gasteiger partial charge in [-0.05, 0) is 66.3 Å². The van der Waals surface area contributed by atoms with Gasteiger partial charge in [-0.3, -0.25) is 4.79 Å². The van der Waals surface area contributed by atoms with Gasteiger partial charge in [0.1, 0.15) is 12.3 Å². The molecule has 162 valence electrons. The average Bonchev–Trinajstić information content (AvgIpc) is 3.08. The molecule has 0 unspecified atom stereocenters. The molecule has 1 aliphatic carbocycles.